The van der Waals surface area contributed by atoms with E-state index in [1.54, 1.807) is 18.6 Å². The maximum atomic E-state index is 4.39. The predicted octanol–water partition coefficient (Wildman–Crippen LogP) is 2.48. The second-order valence-electron chi connectivity index (χ2n) is 4.23. The van der Waals surface area contributed by atoms with Gasteiger partial charge in [-0.1, -0.05) is 0 Å². The van der Waals surface area contributed by atoms with Crippen molar-refractivity contribution in [2.45, 2.75) is 13.8 Å². The summed E-state index contributed by atoms with van der Waals surface area (Å²) >= 11 is 0. The maximum Gasteiger partial charge on any atom is 0.156 e. The van der Waals surface area contributed by atoms with Crippen molar-refractivity contribution in [3.63, 3.8) is 0 Å². The summed E-state index contributed by atoms with van der Waals surface area (Å²) in [5.41, 5.74) is 3.78. The number of hydrogen-bond donors (Lipinski definition) is 2. The van der Waals surface area contributed by atoms with Gasteiger partial charge in [-0.25, -0.2) is 9.97 Å². The normalized spacial score (nSPS) is 10.8. The van der Waals surface area contributed by atoms with E-state index in [1.807, 2.05) is 26.0 Å². The van der Waals surface area contributed by atoms with Crippen molar-refractivity contribution in [2.75, 3.05) is 0 Å². The maximum absolute atomic E-state index is 4.39. The van der Waals surface area contributed by atoms with Crippen LogP contribution in [0.5, 0.6) is 0 Å². The van der Waals surface area contributed by atoms with Gasteiger partial charge >= 0.3 is 0 Å². The molecular weight excluding hydrogens is 226 g/mol. The van der Waals surface area contributed by atoms with Crippen LogP contribution in [0, 0.1) is 13.8 Å². The first kappa shape index (κ1) is 10.7. The lowest BCUT2D eigenvalue weighted by Crippen LogP contribution is -1.92. The van der Waals surface area contributed by atoms with E-state index in [-0.39, 0.29) is 0 Å². The second kappa shape index (κ2) is 4.10. The molecule has 5 heteroatoms. The van der Waals surface area contributed by atoms with Crippen molar-refractivity contribution >= 4 is 0 Å². The molecule has 0 amide bonds. The van der Waals surface area contributed by atoms with Crippen LogP contribution in [-0.2, 0) is 0 Å². The molecule has 0 aliphatic carbocycles. The first-order valence-corrected chi connectivity index (χ1v) is 5.73. The molecule has 0 atom stereocenters. The van der Waals surface area contributed by atoms with Gasteiger partial charge in [0, 0.05) is 35.5 Å². The van der Waals surface area contributed by atoms with Crippen LogP contribution in [-0.4, -0.2) is 24.9 Å². The Kier molecular flexibility index (Phi) is 2.44. The molecule has 0 aromatic carbocycles. The second-order valence-corrected chi connectivity index (χ2v) is 4.23. The lowest BCUT2D eigenvalue weighted by atomic mass is 10.2. The standard InChI is InChI=1S/C13H13N5/c1-8-6-15-12(17-8)10-4-3-5-14-11(10)13-16-7-9(2)18-13/h3-7H,1-2H3,(H,15,17)(H,16,18). The van der Waals surface area contributed by atoms with Gasteiger partial charge in [0.2, 0.25) is 0 Å². The third kappa shape index (κ3) is 1.79. The summed E-state index contributed by atoms with van der Waals surface area (Å²) in [5.74, 6) is 1.57. The smallest absolute Gasteiger partial charge is 0.156 e. The number of aromatic amines is 2. The largest absolute Gasteiger partial charge is 0.342 e. The number of aryl methyl sites for hydroxylation is 2. The summed E-state index contributed by atoms with van der Waals surface area (Å²) in [6.45, 7) is 3.94. The van der Waals surface area contributed by atoms with E-state index in [9.17, 15) is 0 Å². The van der Waals surface area contributed by atoms with Gasteiger partial charge in [0.15, 0.2) is 5.82 Å². The number of imidazole rings is 2. The number of pyridine rings is 1. The Morgan fingerprint density at radius 3 is 2.17 bits per heavy atom. The zero-order valence-electron chi connectivity index (χ0n) is 10.2. The van der Waals surface area contributed by atoms with E-state index >= 15 is 0 Å². The Morgan fingerprint density at radius 1 is 0.889 bits per heavy atom. The topological polar surface area (TPSA) is 70.2 Å². The van der Waals surface area contributed by atoms with E-state index in [2.05, 4.69) is 24.9 Å². The van der Waals surface area contributed by atoms with Gasteiger partial charge in [0.25, 0.3) is 0 Å². The van der Waals surface area contributed by atoms with E-state index < -0.39 is 0 Å². The van der Waals surface area contributed by atoms with Crippen LogP contribution in [0.15, 0.2) is 30.7 Å². The summed E-state index contributed by atoms with van der Waals surface area (Å²) < 4.78 is 0. The summed E-state index contributed by atoms with van der Waals surface area (Å²) in [5, 5.41) is 0. The SMILES string of the molecule is Cc1cnc(-c2cccnc2-c2ncc(C)[nH]2)[nH]1. The molecule has 0 aliphatic heterocycles. The molecule has 3 aromatic rings. The minimum absolute atomic E-state index is 0.761. The summed E-state index contributed by atoms with van der Waals surface area (Å²) in [6.07, 6.45) is 5.35. The minimum atomic E-state index is 0.761. The van der Waals surface area contributed by atoms with Gasteiger partial charge < -0.3 is 9.97 Å². The summed E-state index contributed by atoms with van der Waals surface area (Å²) in [7, 11) is 0. The minimum Gasteiger partial charge on any atom is -0.342 e. The van der Waals surface area contributed by atoms with Gasteiger partial charge in [-0.2, -0.15) is 0 Å². The Morgan fingerprint density at radius 2 is 1.56 bits per heavy atom. The van der Waals surface area contributed by atoms with Crippen LogP contribution in [0.2, 0.25) is 0 Å². The number of aromatic nitrogens is 5. The molecule has 3 heterocycles. The zero-order chi connectivity index (χ0) is 12.5. The first-order chi connectivity index (χ1) is 8.74. The molecule has 0 bridgehead atoms. The molecule has 2 N–H and O–H groups in total. The van der Waals surface area contributed by atoms with Crippen molar-refractivity contribution in [3.05, 3.63) is 42.1 Å². The van der Waals surface area contributed by atoms with Crippen molar-refractivity contribution < 1.29 is 0 Å². The molecule has 0 saturated carbocycles. The molecule has 0 unspecified atom stereocenters. The van der Waals surface area contributed by atoms with E-state index in [0.29, 0.717) is 0 Å². The molecule has 90 valence electrons. The monoisotopic (exact) mass is 239 g/mol. The Bertz CT molecular complexity index is 621. The van der Waals surface area contributed by atoms with Crippen molar-refractivity contribution in [2.24, 2.45) is 0 Å². The molecule has 0 fully saturated rings. The van der Waals surface area contributed by atoms with Crippen LogP contribution in [0.25, 0.3) is 22.9 Å². The number of H-pyrrole nitrogens is 2. The van der Waals surface area contributed by atoms with Crippen molar-refractivity contribution in [1.29, 1.82) is 0 Å². The quantitative estimate of drug-likeness (QED) is 0.721. The van der Waals surface area contributed by atoms with Crippen molar-refractivity contribution in [3.8, 4) is 22.9 Å². The molecular formula is C13H13N5. The fraction of sp³-hybridized carbons (Fsp3) is 0.154. The fourth-order valence-corrected chi connectivity index (χ4v) is 1.87. The third-order valence-electron chi connectivity index (χ3n) is 2.69. The number of nitrogens with zero attached hydrogens (tertiary/aromatic N) is 3. The molecule has 0 saturated heterocycles. The highest BCUT2D eigenvalue weighted by Gasteiger charge is 2.12. The van der Waals surface area contributed by atoms with Crippen LogP contribution in [0.1, 0.15) is 11.4 Å². The van der Waals surface area contributed by atoms with Crippen LogP contribution < -0.4 is 0 Å². The molecule has 3 aromatic heterocycles. The highest BCUT2D eigenvalue weighted by Crippen LogP contribution is 2.26. The number of hydrogen-bond acceptors (Lipinski definition) is 3. The highest BCUT2D eigenvalue weighted by molar-refractivity contribution is 5.73. The molecule has 0 spiro atoms. The highest BCUT2D eigenvalue weighted by atomic mass is 15.0. The average molecular weight is 239 g/mol. The average Bonchev–Trinajstić information content (AvgIpc) is 2.98. The van der Waals surface area contributed by atoms with E-state index in [4.69, 9.17) is 0 Å². The van der Waals surface area contributed by atoms with Crippen LogP contribution in [0.4, 0.5) is 0 Å². The van der Waals surface area contributed by atoms with Crippen molar-refractivity contribution in [1.82, 2.24) is 24.9 Å². The van der Waals surface area contributed by atoms with Gasteiger partial charge in [-0.3, -0.25) is 4.98 Å². The van der Waals surface area contributed by atoms with Gasteiger partial charge in [-0.15, -0.1) is 0 Å². The van der Waals surface area contributed by atoms with Gasteiger partial charge in [0.05, 0.1) is 0 Å². The first-order valence-electron chi connectivity index (χ1n) is 5.73. The lowest BCUT2D eigenvalue weighted by Gasteiger charge is -2.03. The molecule has 0 radical (unpaired) electrons. The fourth-order valence-electron chi connectivity index (χ4n) is 1.87. The van der Waals surface area contributed by atoms with E-state index in [0.717, 1.165) is 34.3 Å². The molecule has 3 rings (SSSR count). The summed E-state index contributed by atoms with van der Waals surface area (Å²) in [4.78, 5) is 19.5. The predicted molar refractivity (Wildman–Crippen MR) is 68.9 cm³/mol. The Hall–Kier alpha value is -2.43. The third-order valence-corrected chi connectivity index (χ3v) is 2.69. The zero-order valence-corrected chi connectivity index (χ0v) is 10.2. The van der Waals surface area contributed by atoms with Crippen LogP contribution >= 0.6 is 0 Å². The van der Waals surface area contributed by atoms with E-state index in [1.165, 1.54) is 0 Å². The number of rotatable bonds is 2. The van der Waals surface area contributed by atoms with Gasteiger partial charge in [0.1, 0.15) is 11.5 Å². The van der Waals surface area contributed by atoms with Crippen LogP contribution in [0.3, 0.4) is 0 Å². The molecule has 0 aliphatic rings. The molecule has 5 nitrogen and oxygen atoms in total. The lowest BCUT2D eigenvalue weighted by molar-refractivity contribution is 1.18. The number of nitrogens with one attached hydrogen (secondary N) is 2. The Balaban J connectivity index is 2.16. The Labute approximate surface area is 104 Å². The summed E-state index contributed by atoms with van der Waals surface area (Å²) in [6, 6.07) is 3.88. The molecule has 18 heavy (non-hydrogen) atoms. The van der Waals surface area contributed by atoms with Gasteiger partial charge in [-0.05, 0) is 26.0 Å².